The largest absolute Gasteiger partial charge is 0.310 e. The maximum atomic E-state index is 4.58. The van der Waals surface area contributed by atoms with Gasteiger partial charge in [-0.3, -0.25) is 4.98 Å². The molecule has 1 aliphatic carbocycles. The Labute approximate surface area is 113 Å². The summed E-state index contributed by atoms with van der Waals surface area (Å²) < 4.78 is 2.43. The van der Waals surface area contributed by atoms with Crippen LogP contribution in [0.4, 0.5) is 0 Å². The van der Waals surface area contributed by atoms with Gasteiger partial charge in [-0.1, -0.05) is 25.0 Å². The van der Waals surface area contributed by atoms with Gasteiger partial charge in [0.25, 0.3) is 0 Å². The van der Waals surface area contributed by atoms with Gasteiger partial charge in [0, 0.05) is 5.69 Å². The molecule has 2 aromatic heterocycles. The van der Waals surface area contributed by atoms with Crippen LogP contribution < -0.4 is 0 Å². The van der Waals surface area contributed by atoms with Crippen LogP contribution in [0.5, 0.6) is 0 Å². The predicted octanol–water partition coefficient (Wildman–Crippen LogP) is 4.15. The molecule has 0 unspecified atom stereocenters. The average Bonchev–Trinajstić information content (AvgIpc) is 2.76. The molecule has 4 rings (SSSR count). The molecule has 2 heteroatoms. The van der Waals surface area contributed by atoms with Crippen molar-refractivity contribution in [2.24, 2.45) is 0 Å². The van der Waals surface area contributed by atoms with E-state index in [0.29, 0.717) is 0 Å². The first-order chi connectivity index (χ1) is 9.43. The Morgan fingerprint density at radius 1 is 0.947 bits per heavy atom. The molecule has 0 radical (unpaired) electrons. The fourth-order valence-electron chi connectivity index (χ4n) is 3.35. The second kappa shape index (κ2) is 4.37. The second-order valence-electron chi connectivity index (χ2n) is 5.54. The fourth-order valence-corrected chi connectivity index (χ4v) is 3.35. The minimum absolute atomic E-state index is 1.09. The lowest BCUT2D eigenvalue weighted by Gasteiger charge is -2.12. The highest BCUT2D eigenvalue weighted by molar-refractivity contribution is 5.79. The molecule has 0 fully saturated rings. The van der Waals surface area contributed by atoms with E-state index in [1.165, 1.54) is 60.8 Å². The van der Waals surface area contributed by atoms with Crippen molar-refractivity contribution in [2.75, 3.05) is 0 Å². The van der Waals surface area contributed by atoms with Crippen molar-refractivity contribution in [3.8, 4) is 0 Å². The molecule has 0 N–H and O–H groups in total. The van der Waals surface area contributed by atoms with Gasteiger partial charge >= 0.3 is 0 Å². The van der Waals surface area contributed by atoms with Crippen molar-refractivity contribution in [3.63, 3.8) is 0 Å². The van der Waals surface area contributed by atoms with Gasteiger partial charge in [0.05, 0.1) is 22.7 Å². The molecular formula is C17H18N2. The first-order valence-electron chi connectivity index (χ1n) is 7.30. The van der Waals surface area contributed by atoms with Crippen molar-refractivity contribution >= 4 is 16.6 Å². The highest BCUT2D eigenvalue weighted by Gasteiger charge is 2.14. The van der Waals surface area contributed by atoms with E-state index < -0.39 is 0 Å². The number of para-hydroxylation sites is 2. The Morgan fingerprint density at radius 3 is 2.74 bits per heavy atom. The lowest BCUT2D eigenvalue weighted by Crippen LogP contribution is -2.02. The molecule has 2 heterocycles. The summed E-state index contributed by atoms with van der Waals surface area (Å²) in [4.78, 5) is 4.58. The van der Waals surface area contributed by atoms with Crippen molar-refractivity contribution in [1.82, 2.24) is 9.38 Å². The van der Waals surface area contributed by atoms with Crippen molar-refractivity contribution in [3.05, 3.63) is 47.8 Å². The molecule has 3 aromatic rings. The van der Waals surface area contributed by atoms with Gasteiger partial charge in [-0.05, 0) is 49.4 Å². The van der Waals surface area contributed by atoms with Gasteiger partial charge < -0.3 is 4.40 Å². The van der Waals surface area contributed by atoms with E-state index in [4.69, 9.17) is 0 Å². The molecule has 96 valence electrons. The maximum absolute atomic E-state index is 4.58. The topological polar surface area (TPSA) is 17.3 Å². The average molecular weight is 250 g/mol. The minimum atomic E-state index is 1.09. The molecule has 0 amide bonds. The summed E-state index contributed by atoms with van der Waals surface area (Å²) in [6, 6.07) is 10.8. The van der Waals surface area contributed by atoms with Crippen LogP contribution in [0.2, 0.25) is 0 Å². The second-order valence-corrected chi connectivity index (χ2v) is 5.54. The van der Waals surface area contributed by atoms with Crippen LogP contribution in [-0.4, -0.2) is 9.38 Å². The zero-order chi connectivity index (χ0) is 12.7. The van der Waals surface area contributed by atoms with Gasteiger partial charge in [0.15, 0.2) is 0 Å². The number of nitrogens with zero attached hydrogens (tertiary/aromatic N) is 2. The number of rotatable bonds is 0. The summed E-state index contributed by atoms with van der Waals surface area (Å²) in [6.07, 6.45) is 9.85. The molecule has 0 spiro atoms. The molecule has 0 atom stereocenters. The minimum Gasteiger partial charge on any atom is -0.310 e. The van der Waals surface area contributed by atoms with Crippen LogP contribution in [0.3, 0.4) is 0 Å². The van der Waals surface area contributed by atoms with Crippen LogP contribution in [0, 0.1) is 0 Å². The van der Waals surface area contributed by atoms with Crippen molar-refractivity contribution in [2.45, 2.75) is 38.5 Å². The zero-order valence-electron chi connectivity index (χ0n) is 11.1. The van der Waals surface area contributed by atoms with E-state index in [-0.39, 0.29) is 0 Å². The third-order valence-corrected chi connectivity index (χ3v) is 4.29. The molecule has 0 aliphatic heterocycles. The van der Waals surface area contributed by atoms with Gasteiger partial charge in [-0.25, -0.2) is 0 Å². The van der Waals surface area contributed by atoms with Crippen LogP contribution in [0.15, 0.2) is 36.5 Å². The quantitative estimate of drug-likeness (QED) is 0.586. The molecule has 2 nitrogen and oxygen atoms in total. The molecule has 0 saturated carbocycles. The number of benzene rings is 1. The number of fused-ring (bicyclic) bond motifs is 5. The SMILES string of the molecule is c1ccc2c(c1)ncc1cc3c(n12)CCCCCC3. The molecular weight excluding hydrogens is 232 g/mol. The Morgan fingerprint density at radius 2 is 1.79 bits per heavy atom. The first kappa shape index (κ1) is 11.0. The summed E-state index contributed by atoms with van der Waals surface area (Å²) in [5, 5.41) is 0. The molecule has 0 bridgehead atoms. The van der Waals surface area contributed by atoms with Crippen molar-refractivity contribution < 1.29 is 0 Å². The Bertz CT molecular complexity index is 739. The summed E-state index contributed by atoms with van der Waals surface area (Å²) >= 11 is 0. The third-order valence-electron chi connectivity index (χ3n) is 4.29. The normalized spacial score (nSPS) is 16.2. The van der Waals surface area contributed by atoms with E-state index in [1.807, 2.05) is 6.20 Å². The summed E-state index contributed by atoms with van der Waals surface area (Å²) in [5.41, 5.74) is 6.66. The van der Waals surface area contributed by atoms with Gasteiger partial charge in [-0.15, -0.1) is 0 Å². The van der Waals surface area contributed by atoms with E-state index in [0.717, 1.165) is 5.52 Å². The van der Waals surface area contributed by atoms with E-state index in [9.17, 15) is 0 Å². The third kappa shape index (κ3) is 1.74. The molecule has 1 aromatic carbocycles. The van der Waals surface area contributed by atoms with Crippen LogP contribution in [-0.2, 0) is 12.8 Å². The van der Waals surface area contributed by atoms with Gasteiger partial charge in [-0.2, -0.15) is 0 Å². The first-order valence-corrected chi connectivity index (χ1v) is 7.30. The predicted molar refractivity (Wildman–Crippen MR) is 78.6 cm³/mol. The van der Waals surface area contributed by atoms with Crippen LogP contribution >= 0.6 is 0 Å². The monoisotopic (exact) mass is 250 g/mol. The summed E-state index contributed by atoms with van der Waals surface area (Å²) in [7, 11) is 0. The molecule has 19 heavy (non-hydrogen) atoms. The van der Waals surface area contributed by atoms with Crippen LogP contribution in [0.1, 0.15) is 36.9 Å². The fraction of sp³-hybridized carbons (Fsp3) is 0.353. The lowest BCUT2D eigenvalue weighted by atomic mass is 9.99. The highest BCUT2D eigenvalue weighted by atomic mass is 14.9. The number of hydrogen-bond acceptors (Lipinski definition) is 1. The summed E-state index contributed by atoms with van der Waals surface area (Å²) in [5.74, 6) is 0. The Kier molecular flexibility index (Phi) is 2.54. The zero-order valence-corrected chi connectivity index (χ0v) is 11.1. The van der Waals surface area contributed by atoms with E-state index in [2.05, 4.69) is 39.7 Å². The Hall–Kier alpha value is -1.83. The number of aryl methyl sites for hydroxylation is 2. The van der Waals surface area contributed by atoms with E-state index in [1.54, 1.807) is 0 Å². The standard InChI is InChI=1S/C17H18N2/c1-2-4-9-16-13(7-3-1)11-14-12-18-15-8-5-6-10-17(15)19(14)16/h5-6,8,10-12H,1-4,7,9H2. The van der Waals surface area contributed by atoms with Crippen LogP contribution in [0.25, 0.3) is 16.6 Å². The number of hydrogen-bond donors (Lipinski definition) is 0. The smallest absolute Gasteiger partial charge is 0.0870 e. The van der Waals surface area contributed by atoms with E-state index >= 15 is 0 Å². The van der Waals surface area contributed by atoms with Gasteiger partial charge in [0.1, 0.15) is 0 Å². The molecule has 0 saturated heterocycles. The highest BCUT2D eigenvalue weighted by Crippen LogP contribution is 2.26. The lowest BCUT2D eigenvalue weighted by molar-refractivity contribution is 0.610. The Balaban J connectivity index is 2.06. The van der Waals surface area contributed by atoms with Gasteiger partial charge in [0.2, 0.25) is 0 Å². The van der Waals surface area contributed by atoms with Crippen molar-refractivity contribution in [1.29, 1.82) is 0 Å². The summed E-state index contributed by atoms with van der Waals surface area (Å²) in [6.45, 7) is 0. The number of aromatic nitrogens is 2. The maximum Gasteiger partial charge on any atom is 0.0870 e. The molecule has 1 aliphatic rings.